The fourth-order valence-corrected chi connectivity index (χ4v) is 3.00. The zero-order valence-corrected chi connectivity index (χ0v) is 16.8. The molecular formula is C22H27ClO3. The van der Waals surface area contributed by atoms with E-state index in [1.54, 1.807) is 12.1 Å². The largest absolute Gasteiger partial charge is 0.488 e. The molecule has 2 rings (SSSR count). The van der Waals surface area contributed by atoms with Gasteiger partial charge in [0.15, 0.2) is 0 Å². The van der Waals surface area contributed by atoms with Crippen LogP contribution in [0.2, 0.25) is 5.02 Å². The van der Waals surface area contributed by atoms with E-state index in [-0.39, 0.29) is 5.63 Å². The van der Waals surface area contributed by atoms with Crippen molar-refractivity contribution in [1.29, 1.82) is 0 Å². The molecule has 1 aromatic carbocycles. The van der Waals surface area contributed by atoms with Crippen LogP contribution in [0.4, 0.5) is 0 Å². The number of allylic oxidation sites excluding steroid dienone is 3. The van der Waals surface area contributed by atoms with Crippen molar-refractivity contribution in [3.63, 3.8) is 0 Å². The Bertz CT molecular complexity index is 871. The molecule has 0 atom stereocenters. The molecule has 0 radical (unpaired) electrons. The summed E-state index contributed by atoms with van der Waals surface area (Å²) in [6.07, 6.45) is 8.09. The second-order valence-corrected chi connectivity index (χ2v) is 7.21. The molecule has 140 valence electrons. The van der Waals surface area contributed by atoms with E-state index in [4.69, 9.17) is 20.8 Å². The first-order valence-electron chi connectivity index (χ1n) is 9.08. The third kappa shape index (κ3) is 5.77. The number of halogens is 1. The highest BCUT2D eigenvalue weighted by atomic mass is 35.5. The molecule has 0 aliphatic rings. The molecule has 1 aromatic heterocycles. The molecule has 0 aliphatic heterocycles. The van der Waals surface area contributed by atoms with Gasteiger partial charge in [-0.15, -0.1) is 0 Å². The van der Waals surface area contributed by atoms with Gasteiger partial charge in [0.05, 0.1) is 5.02 Å². The van der Waals surface area contributed by atoms with Crippen molar-refractivity contribution in [2.75, 3.05) is 6.61 Å². The summed E-state index contributed by atoms with van der Waals surface area (Å²) in [5, 5.41) is 1.40. The Morgan fingerprint density at radius 2 is 1.96 bits per heavy atom. The molecule has 0 fully saturated rings. The van der Waals surface area contributed by atoms with Crippen molar-refractivity contribution in [3.05, 3.63) is 62.5 Å². The molecule has 0 bridgehead atoms. The van der Waals surface area contributed by atoms with Gasteiger partial charge in [0.2, 0.25) is 0 Å². The van der Waals surface area contributed by atoms with Gasteiger partial charge in [-0.1, -0.05) is 42.2 Å². The maximum absolute atomic E-state index is 11.8. The van der Waals surface area contributed by atoms with E-state index in [2.05, 4.69) is 39.8 Å². The van der Waals surface area contributed by atoms with Crippen LogP contribution in [0, 0.1) is 0 Å². The van der Waals surface area contributed by atoms with Gasteiger partial charge in [-0.2, -0.15) is 0 Å². The van der Waals surface area contributed by atoms with Crippen molar-refractivity contribution in [3.8, 4) is 5.75 Å². The fraction of sp³-hybridized carbons (Fsp3) is 0.409. The van der Waals surface area contributed by atoms with Crippen molar-refractivity contribution in [2.24, 2.45) is 0 Å². The average molecular weight is 375 g/mol. The maximum atomic E-state index is 11.8. The molecule has 1 heterocycles. The van der Waals surface area contributed by atoms with Gasteiger partial charge in [0.1, 0.15) is 17.9 Å². The molecule has 3 nitrogen and oxygen atoms in total. The molecule has 4 heteroatoms. The summed E-state index contributed by atoms with van der Waals surface area (Å²) in [6.45, 7) is 8.82. The highest BCUT2D eigenvalue weighted by Gasteiger charge is 2.10. The summed E-state index contributed by atoms with van der Waals surface area (Å²) in [7, 11) is 0. The first kappa shape index (κ1) is 20.3. The van der Waals surface area contributed by atoms with Crippen molar-refractivity contribution in [1.82, 2.24) is 0 Å². The molecular weight excluding hydrogens is 348 g/mol. The first-order chi connectivity index (χ1) is 12.4. The first-order valence-corrected chi connectivity index (χ1v) is 9.46. The molecule has 0 unspecified atom stereocenters. The number of hydrogen-bond acceptors (Lipinski definition) is 3. The zero-order valence-electron chi connectivity index (χ0n) is 16.0. The monoisotopic (exact) mass is 374 g/mol. The van der Waals surface area contributed by atoms with Gasteiger partial charge < -0.3 is 9.15 Å². The van der Waals surface area contributed by atoms with Crippen LogP contribution in [0.3, 0.4) is 0 Å². The van der Waals surface area contributed by atoms with Gasteiger partial charge in [-0.05, 0) is 57.7 Å². The van der Waals surface area contributed by atoms with E-state index in [1.807, 2.05) is 6.07 Å². The number of benzene rings is 1. The predicted molar refractivity (Wildman–Crippen MR) is 109 cm³/mol. The second-order valence-electron chi connectivity index (χ2n) is 6.80. The Hall–Kier alpha value is -2.00. The average Bonchev–Trinajstić information content (AvgIpc) is 2.56. The SMILES string of the molecule is CCCc1cc(=O)oc2cc(OCC=C(C)CCC=C(C)C)c(Cl)cc12. The Morgan fingerprint density at radius 1 is 1.19 bits per heavy atom. The molecule has 0 aliphatic carbocycles. The Balaban J connectivity index is 2.14. The summed E-state index contributed by atoms with van der Waals surface area (Å²) >= 11 is 6.38. The van der Waals surface area contributed by atoms with Crippen LogP contribution in [-0.4, -0.2) is 6.61 Å². The normalized spacial score (nSPS) is 11.7. The van der Waals surface area contributed by atoms with E-state index in [9.17, 15) is 4.79 Å². The second kappa shape index (κ2) is 9.63. The van der Waals surface area contributed by atoms with Crippen LogP contribution in [0.5, 0.6) is 5.75 Å². The Labute approximate surface area is 160 Å². The van der Waals surface area contributed by atoms with E-state index >= 15 is 0 Å². The Morgan fingerprint density at radius 3 is 2.65 bits per heavy atom. The van der Waals surface area contributed by atoms with Gasteiger partial charge in [0, 0.05) is 17.5 Å². The van der Waals surface area contributed by atoms with E-state index in [0.29, 0.717) is 23.0 Å². The lowest BCUT2D eigenvalue weighted by Gasteiger charge is -2.10. The fourth-order valence-electron chi connectivity index (χ4n) is 2.78. The molecule has 2 aromatic rings. The maximum Gasteiger partial charge on any atom is 0.336 e. The topological polar surface area (TPSA) is 39.4 Å². The molecule has 26 heavy (non-hydrogen) atoms. The number of aryl methyl sites for hydroxylation is 1. The van der Waals surface area contributed by atoms with Gasteiger partial charge >= 0.3 is 5.63 Å². The standard InChI is InChI=1S/C22H27ClO3/c1-5-7-17-12-22(24)26-20-14-21(19(23)13-18(17)20)25-11-10-16(4)9-6-8-15(2)3/h8,10,12-14H,5-7,9,11H2,1-4H3. The Kier molecular flexibility index (Phi) is 7.52. The predicted octanol–water partition coefficient (Wildman–Crippen LogP) is 6.47. The summed E-state index contributed by atoms with van der Waals surface area (Å²) < 4.78 is 11.1. The van der Waals surface area contributed by atoms with Crippen LogP contribution >= 0.6 is 11.6 Å². The third-order valence-electron chi connectivity index (χ3n) is 4.16. The van der Waals surface area contributed by atoms with E-state index < -0.39 is 0 Å². The number of ether oxygens (including phenoxy) is 1. The minimum absolute atomic E-state index is 0.343. The van der Waals surface area contributed by atoms with E-state index in [0.717, 1.165) is 36.6 Å². The summed E-state index contributed by atoms with van der Waals surface area (Å²) in [4.78, 5) is 11.8. The van der Waals surface area contributed by atoms with E-state index in [1.165, 1.54) is 11.1 Å². The van der Waals surface area contributed by atoms with Crippen molar-refractivity contribution in [2.45, 2.75) is 53.4 Å². The number of hydrogen-bond donors (Lipinski definition) is 0. The molecule has 0 N–H and O–H groups in total. The number of rotatable bonds is 8. The quantitative estimate of drug-likeness (QED) is 0.392. The van der Waals surface area contributed by atoms with Crippen molar-refractivity contribution < 1.29 is 9.15 Å². The molecule has 0 saturated heterocycles. The van der Waals surface area contributed by atoms with Crippen LogP contribution < -0.4 is 10.4 Å². The van der Waals surface area contributed by atoms with Gasteiger partial charge in [-0.25, -0.2) is 4.79 Å². The van der Waals surface area contributed by atoms with Crippen LogP contribution in [0.1, 0.15) is 52.5 Å². The molecule has 0 spiro atoms. The highest BCUT2D eigenvalue weighted by molar-refractivity contribution is 6.32. The molecule has 0 amide bonds. The zero-order chi connectivity index (χ0) is 19.1. The van der Waals surface area contributed by atoms with Crippen LogP contribution in [-0.2, 0) is 6.42 Å². The highest BCUT2D eigenvalue weighted by Crippen LogP contribution is 2.31. The lowest BCUT2D eigenvalue weighted by atomic mass is 10.1. The lowest BCUT2D eigenvalue weighted by molar-refractivity contribution is 0.361. The van der Waals surface area contributed by atoms with Crippen molar-refractivity contribution >= 4 is 22.6 Å². The molecule has 0 saturated carbocycles. The third-order valence-corrected chi connectivity index (χ3v) is 4.46. The van der Waals surface area contributed by atoms with Crippen LogP contribution in [0.25, 0.3) is 11.0 Å². The summed E-state index contributed by atoms with van der Waals surface area (Å²) in [5.41, 5.74) is 3.74. The van der Waals surface area contributed by atoms with Gasteiger partial charge in [0.25, 0.3) is 0 Å². The minimum Gasteiger partial charge on any atom is -0.488 e. The summed E-state index contributed by atoms with van der Waals surface area (Å²) in [5.74, 6) is 0.532. The lowest BCUT2D eigenvalue weighted by Crippen LogP contribution is -2.02. The summed E-state index contributed by atoms with van der Waals surface area (Å²) in [6, 6.07) is 5.08. The van der Waals surface area contributed by atoms with Crippen LogP contribution in [0.15, 0.2) is 50.7 Å². The minimum atomic E-state index is -0.343. The van der Waals surface area contributed by atoms with Gasteiger partial charge in [-0.3, -0.25) is 0 Å². The number of fused-ring (bicyclic) bond motifs is 1. The smallest absolute Gasteiger partial charge is 0.336 e.